The Morgan fingerprint density at radius 2 is 2.00 bits per heavy atom. The van der Waals surface area contributed by atoms with Crippen LogP contribution in [0.1, 0.15) is 25.8 Å². The number of benzene rings is 1. The van der Waals surface area contributed by atoms with Crippen molar-refractivity contribution in [2.75, 3.05) is 11.4 Å². The van der Waals surface area contributed by atoms with Crippen LogP contribution in [0.4, 0.5) is 5.69 Å². The first-order valence-corrected chi connectivity index (χ1v) is 5.00. The molecular weight excluding hydrogens is 174 g/mol. The SMILES string of the molecule is CCCN(C(C)=O)c1ccccc1C. The van der Waals surface area contributed by atoms with Gasteiger partial charge in [0.2, 0.25) is 5.91 Å². The number of anilines is 1. The molecule has 1 aromatic carbocycles. The van der Waals surface area contributed by atoms with Gasteiger partial charge in [0, 0.05) is 19.2 Å². The number of rotatable bonds is 3. The van der Waals surface area contributed by atoms with Crippen LogP contribution in [0.15, 0.2) is 24.3 Å². The summed E-state index contributed by atoms with van der Waals surface area (Å²) < 4.78 is 0. The quantitative estimate of drug-likeness (QED) is 0.719. The summed E-state index contributed by atoms with van der Waals surface area (Å²) in [6, 6.07) is 7.98. The van der Waals surface area contributed by atoms with Crippen LogP contribution in [-0.2, 0) is 4.79 Å². The maximum Gasteiger partial charge on any atom is 0.223 e. The summed E-state index contributed by atoms with van der Waals surface area (Å²) in [6.45, 7) is 6.51. The Bertz CT molecular complexity index is 320. The molecular formula is C12H17NO. The minimum Gasteiger partial charge on any atom is -0.312 e. The normalized spacial score (nSPS) is 9.93. The van der Waals surface area contributed by atoms with Crippen molar-refractivity contribution in [1.82, 2.24) is 0 Å². The first-order valence-electron chi connectivity index (χ1n) is 5.00. The van der Waals surface area contributed by atoms with Crippen molar-refractivity contribution in [3.8, 4) is 0 Å². The Morgan fingerprint density at radius 3 is 2.50 bits per heavy atom. The van der Waals surface area contributed by atoms with Crippen molar-refractivity contribution in [1.29, 1.82) is 0 Å². The molecule has 1 rings (SSSR count). The van der Waals surface area contributed by atoms with E-state index >= 15 is 0 Å². The van der Waals surface area contributed by atoms with E-state index < -0.39 is 0 Å². The molecule has 0 atom stereocenters. The van der Waals surface area contributed by atoms with Crippen LogP contribution in [-0.4, -0.2) is 12.5 Å². The molecule has 0 fully saturated rings. The zero-order valence-corrected chi connectivity index (χ0v) is 9.08. The fourth-order valence-electron chi connectivity index (χ4n) is 1.54. The maximum atomic E-state index is 11.4. The first kappa shape index (κ1) is 10.8. The average molecular weight is 191 g/mol. The fraction of sp³-hybridized carbons (Fsp3) is 0.417. The van der Waals surface area contributed by atoms with Crippen molar-refractivity contribution in [3.05, 3.63) is 29.8 Å². The van der Waals surface area contributed by atoms with E-state index in [2.05, 4.69) is 6.92 Å². The standard InChI is InChI=1S/C12H17NO/c1-4-9-13(11(3)14)12-8-6-5-7-10(12)2/h5-8H,4,9H2,1-3H3. The fourth-order valence-corrected chi connectivity index (χ4v) is 1.54. The summed E-state index contributed by atoms with van der Waals surface area (Å²) in [6.07, 6.45) is 0.980. The van der Waals surface area contributed by atoms with Gasteiger partial charge in [0.15, 0.2) is 0 Å². The smallest absolute Gasteiger partial charge is 0.223 e. The highest BCUT2D eigenvalue weighted by Gasteiger charge is 2.11. The van der Waals surface area contributed by atoms with Gasteiger partial charge >= 0.3 is 0 Å². The first-order chi connectivity index (χ1) is 6.66. The molecule has 2 nitrogen and oxygen atoms in total. The van der Waals surface area contributed by atoms with E-state index in [-0.39, 0.29) is 5.91 Å². The Kier molecular flexibility index (Phi) is 3.69. The van der Waals surface area contributed by atoms with Gasteiger partial charge in [-0.3, -0.25) is 4.79 Å². The molecule has 14 heavy (non-hydrogen) atoms. The van der Waals surface area contributed by atoms with Crippen molar-refractivity contribution in [2.45, 2.75) is 27.2 Å². The highest BCUT2D eigenvalue weighted by Crippen LogP contribution is 2.19. The number of carbonyl (C=O) groups excluding carboxylic acids is 1. The number of hydrogen-bond acceptors (Lipinski definition) is 1. The molecule has 0 aliphatic rings. The van der Waals surface area contributed by atoms with Gasteiger partial charge in [-0.1, -0.05) is 25.1 Å². The topological polar surface area (TPSA) is 20.3 Å². The number of nitrogens with zero attached hydrogens (tertiary/aromatic N) is 1. The minimum atomic E-state index is 0.112. The molecule has 0 unspecified atom stereocenters. The Balaban J connectivity index is 2.99. The summed E-state index contributed by atoms with van der Waals surface area (Å²) in [7, 11) is 0. The van der Waals surface area contributed by atoms with Gasteiger partial charge in [0.05, 0.1) is 0 Å². The second kappa shape index (κ2) is 4.80. The summed E-state index contributed by atoms with van der Waals surface area (Å²) in [5.41, 5.74) is 2.18. The van der Waals surface area contributed by atoms with Crippen molar-refractivity contribution in [2.24, 2.45) is 0 Å². The van der Waals surface area contributed by atoms with E-state index in [9.17, 15) is 4.79 Å². The second-order valence-electron chi connectivity index (χ2n) is 3.46. The Morgan fingerprint density at radius 1 is 1.36 bits per heavy atom. The van der Waals surface area contributed by atoms with Crippen LogP contribution in [0.5, 0.6) is 0 Å². The zero-order chi connectivity index (χ0) is 10.6. The minimum absolute atomic E-state index is 0.112. The Hall–Kier alpha value is -1.31. The van der Waals surface area contributed by atoms with E-state index in [1.165, 1.54) is 0 Å². The van der Waals surface area contributed by atoms with E-state index in [0.717, 1.165) is 24.2 Å². The third-order valence-electron chi connectivity index (χ3n) is 2.23. The maximum absolute atomic E-state index is 11.4. The van der Waals surface area contributed by atoms with Gasteiger partial charge in [-0.05, 0) is 25.0 Å². The summed E-state index contributed by atoms with van der Waals surface area (Å²) in [5.74, 6) is 0.112. The van der Waals surface area contributed by atoms with E-state index in [1.807, 2.05) is 36.1 Å². The van der Waals surface area contributed by atoms with Crippen LogP contribution >= 0.6 is 0 Å². The molecule has 0 aliphatic heterocycles. The van der Waals surface area contributed by atoms with Gasteiger partial charge < -0.3 is 4.90 Å². The van der Waals surface area contributed by atoms with Crippen LogP contribution in [0.2, 0.25) is 0 Å². The largest absolute Gasteiger partial charge is 0.312 e. The monoisotopic (exact) mass is 191 g/mol. The van der Waals surface area contributed by atoms with Crippen molar-refractivity contribution < 1.29 is 4.79 Å². The predicted molar refractivity (Wildman–Crippen MR) is 59.5 cm³/mol. The van der Waals surface area contributed by atoms with Gasteiger partial charge in [-0.15, -0.1) is 0 Å². The van der Waals surface area contributed by atoms with Crippen LogP contribution in [0.25, 0.3) is 0 Å². The molecule has 0 bridgehead atoms. The number of aryl methyl sites for hydroxylation is 1. The molecule has 76 valence electrons. The molecule has 1 amide bonds. The lowest BCUT2D eigenvalue weighted by Gasteiger charge is -2.22. The molecule has 0 saturated heterocycles. The van der Waals surface area contributed by atoms with Gasteiger partial charge in [0.25, 0.3) is 0 Å². The molecule has 0 aromatic heterocycles. The van der Waals surface area contributed by atoms with Gasteiger partial charge in [-0.2, -0.15) is 0 Å². The molecule has 1 aromatic rings. The summed E-state index contributed by atoms with van der Waals surface area (Å²) in [4.78, 5) is 13.2. The van der Waals surface area contributed by atoms with Crippen molar-refractivity contribution >= 4 is 11.6 Å². The number of hydrogen-bond donors (Lipinski definition) is 0. The molecule has 0 saturated carbocycles. The predicted octanol–water partition coefficient (Wildman–Crippen LogP) is 2.76. The highest BCUT2D eigenvalue weighted by molar-refractivity contribution is 5.92. The lowest BCUT2D eigenvalue weighted by Crippen LogP contribution is -2.29. The van der Waals surface area contributed by atoms with Gasteiger partial charge in [0.1, 0.15) is 0 Å². The number of amides is 1. The van der Waals surface area contributed by atoms with Crippen LogP contribution < -0.4 is 4.90 Å². The summed E-state index contributed by atoms with van der Waals surface area (Å²) in [5, 5.41) is 0. The Labute approximate surface area is 85.5 Å². The molecule has 0 heterocycles. The van der Waals surface area contributed by atoms with Gasteiger partial charge in [-0.25, -0.2) is 0 Å². The van der Waals surface area contributed by atoms with Crippen molar-refractivity contribution in [3.63, 3.8) is 0 Å². The van der Waals surface area contributed by atoms with E-state index in [0.29, 0.717) is 0 Å². The molecule has 0 radical (unpaired) electrons. The molecule has 0 aliphatic carbocycles. The summed E-state index contributed by atoms with van der Waals surface area (Å²) >= 11 is 0. The third kappa shape index (κ3) is 2.34. The lowest BCUT2D eigenvalue weighted by molar-refractivity contribution is -0.116. The second-order valence-corrected chi connectivity index (χ2v) is 3.46. The van der Waals surface area contributed by atoms with Crippen LogP contribution in [0.3, 0.4) is 0 Å². The number of carbonyl (C=O) groups is 1. The average Bonchev–Trinajstić information content (AvgIpc) is 2.15. The molecule has 0 N–H and O–H groups in total. The van der Waals surface area contributed by atoms with E-state index in [1.54, 1.807) is 6.92 Å². The molecule has 2 heteroatoms. The zero-order valence-electron chi connectivity index (χ0n) is 9.08. The highest BCUT2D eigenvalue weighted by atomic mass is 16.2. The van der Waals surface area contributed by atoms with E-state index in [4.69, 9.17) is 0 Å². The van der Waals surface area contributed by atoms with Crippen LogP contribution in [0, 0.1) is 6.92 Å². The lowest BCUT2D eigenvalue weighted by atomic mass is 10.1. The third-order valence-corrected chi connectivity index (χ3v) is 2.23. The number of para-hydroxylation sites is 1. The molecule has 0 spiro atoms.